The van der Waals surface area contributed by atoms with Gasteiger partial charge in [-0.15, -0.1) is 0 Å². The molecule has 1 fully saturated rings. The average molecular weight is 233 g/mol. The van der Waals surface area contributed by atoms with Crippen LogP contribution in [0.3, 0.4) is 0 Å². The second kappa shape index (κ2) is 5.19. The molecule has 2 nitrogen and oxygen atoms in total. The van der Waals surface area contributed by atoms with Gasteiger partial charge in [0, 0.05) is 12.0 Å². The van der Waals surface area contributed by atoms with E-state index >= 15 is 0 Å². The Morgan fingerprint density at radius 2 is 2.00 bits per heavy atom. The van der Waals surface area contributed by atoms with Crippen molar-refractivity contribution in [3.63, 3.8) is 0 Å². The third-order valence-electron chi connectivity index (χ3n) is 4.11. The highest BCUT2D eigenvalue weighted by molar-refractivity contribution is 5.31. The Labute approximate surface area is 104 Å². The number of aliphatic hydroxyl groups excluding tert-OH is 1. The lowest BCUT2D eigenvalue weighted by Gasteiger charge is -2.42. The van der Waals surface area contributed by atoms with E-state index in [1.807, 2.05) is 7.05 Å². The molecule has 1 aliphatic rings. The molecule has 17 heavy (non-hydrogen) atoms. The summed E-state index contributed by atoms with van der Waals surface area (Å²) in [5, 5.41) is 13.7. The first-order chi connectivity index (χ1) is 8.19. The van der Waals surface area contributed by atoms with Gasteiger partial charge in [-0.1, -0.05) is 42.7 Å². The lowest BCUT2D eigenvalue weighted by atomic mass is 9.67. The van der Waals surface area contributed by atoms with Crippen molar-refractivity contribution in [2.45, 2.75) is 44.1 Å². The minimum absolute atomic E-state index is 0.0826. The Morgan fingerprint density at radius 3 is 2.59 bits per heavy atom. The zero-order valence-electron chi connectivity index (χ0n) is 10.9. The summed E-state index contributed by atoms with van der Waals surface area (Å²) in [5.41, 5.74) is 2.48. The number of likely N-dealkylation sites (N-methyl/N-ethyl adjacent to an activating group) is 1. The van der Waals surface area contributed by atoms with E-state index in [1.54, 1.807) is 0 Å². The van der Waals surface area contributed by atoms with Crippen LogP contribution in [-0.4, -0.2) is 24.8 Å². The van der Waals surface area contributed by atoms with Gasteiger partial charge in [0.1, 0.15) is 0 Å². The summed E-state index contributed by atoms with van der Waals surface area (Å²) >= 11 is 0. The molecule has 94 valence electrons. The zero-order chi connectivity index (χ0) is 12.3. The average Bonchev–Trinajstić information content (AvgIpc) is 2.33. The topological polar surface area (TPSA) is 32.3 Å². The predicted molar refractivity (Wildman–Crippen MR) is 71.3 cm³/mol. The second-order valence-corrected chi connectivity index (χ2v) is 5.31. The highest BCUT2D eigenvalue weighted by Gasteiger charge is 2.40. The van der Waals surface area contributed by atoms with Gasteiger partial charge in [-0.05, 0) is 32.4 Å². The van der Waals surface area contributed by atoms with Crippen LogP contribution in [0.15, 0.2) is 24.3 Å². The molecular formula is C15H23NO. The predicted octanol–water partition coefficient (Wildman–Crippen LogP) is 2.39. The van der Waals surface area contributed by atoms with Gasteiger partial charge in [-0.25, -0.2) is 0 Å². The van der Waals surface area contributed by atoms with Crippen molar-refractivity contribution in [2.75, 3.05) is 13.6 Å². The highest BCUT2D eigenvalue weighted by Crippen LogP contribution is 2.39. The van der Waals surface area contributed by atoms with Gasteiger partial charge in [0.2, 0.25) is 0 Å². The minimum atomic E-state index is -0.216. The van der Waals surface area contributed by atoms with E-state index in [4.69, 9.17) is 0 Å². The van der Waals surface area contributed by atoms with Gasteiger partial charge in [-0.2, -0.15) is 0 Å². The molecule has 1 aromatic rings. The molecule has 2 rings (SSSR count). The fourth-order valence-corrected chi connectivity index (χ4v) is 3.07. The van der Waals surface area contributed by atoms with Crippen molar-refractivity contribution in [1.82, 2.24) is 5.32 Å². The van der Waals surface area contributed by atoms with Crippen LogP contribution in [0.5, 0.6) is 0 Å². The summed E-state index contributed by atoms with van der Waals surface area (Å²) in [6.45, 7) is 2.96. The highest BCUT2D eigenvalue weighted by atomic mass is 16.3. The lowest BCUT2D eigenvalue weighted by Crippen LogP contribution is -2.48. The van der Waals surface area contributed by atoms with Crippen molar-refractivity contribution < 1.29 is 5.11 Å². The van der Waals surface area contributed by atoms with Crippen LogP contribution < -0.4 is 5.32 Å². The molecule has 1 aliphatic carbocycles. The van der Waals surface area contributed by atoms with Crippen LogP contribution in [0.25, 0.3) is 0 Å². The standard InChI is InChI=1S/C15H23NO/c1-12-6-8-13(9-7-12)15(11-16-2)10-4-3-5-14(15)17/h6-9,14,16-17H,3-5,10-11H2,1-2H3/t14-,15-/m0/s1. The first kappa shape index (κ1) is 12.6. The maximum Gasteiger partial charge on any atom is 0.0649 e. The first-order valence-corrected chi connectivity index (χ1v) is 6.59. The maximum absolute atomic E-state index is 10.4. The fourth-order valence-electron chi connectivity index (χ4n) is 3.07. The van der Waals surface area contributed by atoms with Crippen molar-refractivity contribution in [3.05, 3.63) is 35.4 Å². The Balaban J connectivity index is 2.35. The van der Waals surface area contributed by atoms with Crippen molar-refractivity contribution in [3.8, 4) is 0 Å². The normalized spacial score (nSPS) is 29.2. The van der Waals surface area contributed by atoms with E-state index < -0.39 is 0 Å². The molecule has 0 radical (unpaired) electrons. The lowest BCUT2D eigenvalue weighted by molar-refractivity contribution is 0.0424. The molecule has 1 saturated carbocycles. The monoisotopic (exact) mass is 233 g/mol. The SMILES string of the molecule is CNC[C@]1(c2ccc(C)cc2)CCCC[C@@H]1O. The van der Waals surface area contributed by atoms with Crippen molar-refractivity contribution in [1.29, 1.82) is 0 Å². The Bertz CT molecular complexity index is 356. The van der Waals surface area contributed by atoms with E-state index in [-0.39, 0.29) is 11.5 Å². The fraction of sp³-hybridized carbons (Fsp3) is 0.600. The first-order valence-electron chi connectivity index (χ1n) is 6.59. The number of aliphatic hydroxyl groups is 1. The summed E-state index contributed by atoms with van der Waals surface area (Å²) in [7, 11) is 1.97. The van der Waals surface area contributed by atoms with Gasteiger partial charge in [-0.3, -0.25) is 0 Å². The summed E-state index contributed by atoms with van der Waals surface area (Å²) in [6, 6.07) is 8.66. The van der Waals surface area contributed by atoms with Gasteiger partial charge in [0.15, 0.2) is 0 Å². The molecule has 0 aromatic heterocycles. The number of aryl methyl sites for hydroxylation is 1. The Kier molecular flexibility index (Phi) is 3.85. The zero-order valence-corrected chi connectivity index (χ0v) is 10.9. The van der Waals surface area contributed by atoms with Crippen LogP contribution in [-0.2, 0) is 5.41 Å². The van der Waals surface area contributed by atoms with Gasteiger partial charge < -0.3 is 10.4 Å². The summed E-state index contributed by atoms with van der Waals surface area (Å²) in [5.74, 6) is 0. The van der Waals surface area contributed by atoms with Crippen molar-refractivity contribution >= 4 is 0 Å². The van der Waals surface area contributed by atoms with E-state index in [9.17, 15) is 5.11 Å². The van der Waals surface area contributed by atoms with Crippen LogP contribution in [0.4, 0.5) is 0 Å². The Morgan fingerprint density at radius 1 is 1.29 bits per heavy atom. The van der Waals surface area contributed by atoms with E-state index in [0.29, 0.717) is 0 Å². The summed E-state index contributed by atoms with van der Waals surface area (Å²) < 4.78 is 0. The largest absolute Gasteiger partial charge is 0.392 e. The van der Waals surface area contributed by atoms with Crippen LogP contribution in [0, 0.1) is 6.92 Å². The molecule has 2 heteroatoms. The molecule has 0 heterocycles. The molecule has 0 aliphatic heterocycles. The minimum Gasteiger partial charge on any atom is -0.392 e. The second-order valence-electron chi connectivity index (χ2n) is 5.31. The van der Waals surface area contributed by atoms with E-state index in [1.165, 1.54) is 17.5 Å². The molecule has 0 bridgehead atoms. The van der Waals surface area contributed by atoms with Crippen molar-refractivity contribution in [2.24, 2.45) is 0 Å². The smallest absolute Gasteiger partial charge is 0.0649 e. The summed E-state index contributed by atoms with van der Waals surface area (Å²) in [4.78, 5) is 0. The number of benzene rings is 1. The quantitative estimate of drug-likeness (QED) is 0.840. The molecule has 0 saturated heterocycles. The molecular weight excluding hydrogens is 210 g/mol. The molecule has 1 aromatic carbocycles. The number of hydrogen-bond acceptors (Lipinski definition) is 2. The van der Waals surface area contributed by atoms with E-state index in [0.717, 1.165) is 25.8 Å². The van der Waals surface area contributed by atoms with E-state index in [2.05, 4.69) is 36.5 Å². The molecule has 0 unspecified atom stereocenters. The van der Waals surface area contributed by atoms with Crippen LogP contribution in [0.2, 0.25) is 0 Å². The molecule has 0 amide bonds. The van der Waals surface area contributed by atoms with Crippen LogP contribution >= 0.6 is 0 Å². The maximum atomic E-state index is 10.4. The van der Waals surface area contributed by atoms with Crippen LogP contribution in [0.1, 0.15) is 36.8 Å². The number of hydrogen-bond donors (Lipinski definition) is 2. The molecule has 2 atom stereocenters. The molecule has 2 N–H and O–H groups in total. The number of rotatable bonds is 3. The van der Waals surface area contributed by atoms with Gasteiger partial charge >= 0.3 is 0 Å². The van der Waals surface area contributed by atoms with Gasteiger partial charge in [0.05, 0.1) is 6.10 Å². The third kappa shape index (κ3) is 2.38. The molecule has 0 spiro atoms. The van der Waals surface area contributed by atoms with Gasteiger partial charge in [0.25, 0.3) is 0 Å². The third-order valence-corrected chi connectivity index (χ3v) is 4.11. The summed E-state index contributed by atoms with van der Waals surface area (Å²) in [6.07, 6.45) is 4.16. The number of nitrogens with one attached hydrogen (secondary N) is 1. The Hall–Kier alpha value is -0.860.